The van der Waals surface area contributed by atoms with E-state index in [0.717, 1.165) is 72.6 Å². The molecule has 136 valence electrons. The lowest BCUT2D eigenvalue weighted by molar-refractivity contribution is 0.249. The number of rotatable bonds is 6. The van der Waals surface area contributed by atoms with Crippen LogP contribution in [0.25, 0.3) is 11.2 Å². The molecule has 8 nitrogen and oxygen atoms in total. The lowest BCUT2D eigenvalue weighted by atomic mass is 10.2. The highest BCUT2D eigenvalue weighted by Gasteiger charge is 2.20. The third-order valence-electron chi connectivity index (χ3n) is 4.40. The topological polar surface area (TPSA) is 86.7 Å². The molecule has 9 heteroatoms. The van der Waals surface area contributed by atoms with Crippen molar-refractivity contribution in [3.63, 3.8) is 0 Å². The van der Waals surface area contributed by atoms with Gasteiger partial charge in [0.2, 0.25) is 0 Å². The van der Waals surface area contributed by atoms with Crippen LogP contribution in [0.5, 0.6) is 0 Å². The van der Waals surface area contributed by atoms with Gasteiger partial charge in [-0.2, -0.15) is 0 Å². The summed E-state index contributed by atoms with van der Waals surface area (Å²) in [5.74, 6) is 2.00. The Morgan fingerprint density at radius 2 is 1.85 bits per heavy atom. The van der Waals surface area contributed by atoms with E-state index in [1.54, 1.807) is 24.4 Å². The monoisotopic (exact) mass is 370 g/mol. The second kappa shape index (κ2) is 7.96. The van der Waals surface area contributed by atoms with Crippen LogP contribution in [-0.2, 0) is 6.54 Å². The van der Waals surface area contributed by atoms with Crippen molar-refractivity contribution in [3.05, 3.63) is 30.6 Å². The SMILES string of the molecule is CCCSc1ncc(CN2CCN(c3ncnc4nc[nH]c34)CC2)cn1. The molecule has 4 rings (SSSR count). The van der Waals surface area contributed by atoms with E-state index in [9.17, 15) is 0 Å². The maximum absolute atomic E-state index is 4.46. The first-order chi connectivity index (χ1) is 12.8. The second-order valence-corrected chi connectivity index (χ2v) is 7.35. The standard InChI is InChI=1S/C17H22N8S/c1-2-7-26-17-18-8-13(9-19-17)10-24-3-5-25(6-4-24)16-14-15(21-11-20-14)22-12-23-16/h8-9,11-12H,2-7,10H2,1H3,(H,20,21,22,23). The predicted molar refractivity (Wildman–Crippen MR) is 102 cm³/mol. The van der Waals surface area contributed by atoms with Crippen molar-refractivity contribution in [1.29, 1.82) is 0 Å². The highest BCUT2D eigenvalue weighted by molar-refractivity contribution is 7.99. The molecular weight excluding hydrogens is 348 g/mol. The molecule has 0 unspecified atom stereocenters. The van der Waals surface area contributed by atoms with Gasteiger partial charge in [-0.25, -0.2) is 24.9 Å². The molecule has 0 amide bonds. The van der Waals surface area contributed by atoms with E-state index in [1.165, 1.54) is 0 Å². The van der Waals surface area contributed by atoms with E-state index in [4.69, 9.17) is 0 Å². The van der Waals surface area contributed by atoms with Crippen molar-refractivity contribution in [3.8, 4) is 0 Å². The Balaban J connectivity index is 1.34. The minimum atomic E-state index is 0.718. The highest BCUT2D eigenvalue weighted by Crippen LogP contribution is 2.21. The number of piperazine rings is 1. The maximum Gasteiger partial charge on any atom is 0.187 e. The summed E-state index contributed by atoms with van der Waals surface area (Å²) in [5.41, 5.74) is 2.79. The van der Waals surface area contributed by atoms with Crippen LogP contribution in [0.4, 0.5) is 5.82 Å². The van der Waals surface area contributed by atoms with Gasteiger partial charge >= 0.3 is 0 Å². The number of H-pyrrole nitrogens is 1. The molecule has 1 fully saturated rings. The van der Waals surface area contributed by atoms with E-state index in [1.807, 2.05) is 12.4 Å². The van der Waals surface area contributed by atoms with Crippen molar-refractivity contribution in [2.24, 2.45) is 0 Å². The molecular formula is C17H22N8S. The van der Waals surface area contributed by atoms with Gasteiger partial charge in [-0.1, -0.05) is 18.7 Å². The van der Waals surface area contributed by atoms with Gasteiger partial charge < -0.3 is 9.88 Å². The third-order valence-corrected chi connectivity index (χ3v) is 5.48. The van der Waals surface area contributed by atoms with E-state index in [0.29, 0.717) is 0 Å². The van der Waals surface area contributed by atoms with Gasteiger partial charge in [0.15, 0.2) is 16.6 Å². The largest absolute Gasteiger partial charge is 0.352 e. The van der Waals surface area contributed by atoms with Gasteiger partial charge in [-0.3, -0.25) is 4.90 Å². The van der Waals surface area contributed by atoms with Crippen molar-refractivity contribution < 1.29 is 0 Å². The quantitative estimate of drug-likeness (QED) is 0.521. The smallest absolute Gasteiger partial charge is 0.187 e. The Bertz CT molecular complexity index is 841. The normalized spacial score (nSPS) is 15.7. The fourth-order valence-electron chi connectivity index (χ4n) is 3.06. The molecule has 0 aliphatic carbocycles. The number of hydrogen-bond acceptors (Lipinski definition) is 8. The number of aromatic nitrogens is 6. The average Bonchev–Trinajstić information content (AvgIpc) is 3.17. The molecule has 1 N–H and O–H groups in total. The molecule has 0 spiro atoms. The number of nitrogens with one attached hydrogen (secondary N) is 1. The summed E-state index contributed by atoms with van der Waals surface area (Å²) in [6.07, 6.45) is 8.30. The Morgan fingerprint density at radius 1 is 1.04 bits per heavy atom. The summed E-state index contributed by atoms with van der Waals surface area (Å²) in [5, 5.41) is 0.868. The number of hydrogen-bond donors (Lipinski definition) is 1. The lowest BCUT2D eigenvalue weighted by Crippen LogP contribution is -2.46. The molecule has 0 aromatic carbocycles. The van der Waals surface area contributed by atoms with E-state index in [2.05, 4.69) is 46.6 Å². The van der Waals surface area contributed by atoms with Crippen LogP contribution >= 0.6 is 11.8 Å². The molecule has 0 saturated carbocycles. The highest BCUT2D eigenvalue weighted by atomic mass is 32.2. The van der Waals surface area contributed by atoms with Gasteiger partial charge in [0.25, 0.3) is 0 Å². The van der Waals surface area contributed by atoms with Crippen LogP contribution in [0.15, 0.2) is 30.2 Å². The van der Waals surface area contributed by atoms with Gasteiger partial charge in [-0.15, -0.1) is 0 Å². The number of aromatic amines is 1. The van der Waals surface area contributed by atoms with Crippen LogP contribution < -0.4 is 4.90 Å². The van der Waals surface area contributed by atoms with Crippen LogP contribution in [-0.4, -0.2) is 66.7 Å². The number of imidazole rings is 1. The lowest BCUT2D eigenvalue weighted by Gasteiger charge is -2.35. The Hall–Kier alpha value is -2.26. The molecule has 26 heavy (non-hydrogen) atoms. The second-order valence-electron chi connectivity index (χ2n) is 6.28. The van der Waals surface area contributed by atoms with Crippen LogP contribution in [0.3, 0.4) is 0 Å². The minimum Gasteiger partial charge on any atom is -0.352 e. The van der Waals surface area contributed by atoms with Gasteiger partial charge in [0, 0.05) is 56.4 Å². The molecule has 0 atom stereocenters. The zero-order chi connectivity index (χ0) is 17.8. The third kappa shape index (κ3) is 3.78. The average molecular weight is 370 g/mol. The van der Waals surface area contributed by atoms with E-state index in [-0.39, 0.29) is 0 Å². The van der Waals surface area contributed by atoms with E-state index >= 15 is 0 Å². The van der Waals surface area contributed by atoms with Crippen molar-refractivity contribution >= 4 is 28.7 Å². The fourth-order valence-corrected chi connectivity index (χ4v) is 3.70. The zero-order valence-corrected chi connectivity index (χ0v) is 15.6. The number of anilines is 1. The number of thioether (sulfide) groups is 1. The first kappa shape index (κ1) is 17.2. The fraction of sp³-hybridized carbons (Fsp3) is 0.471. The Labute approximate surface area is 156 Å². The Kier molecular flexibility index (Phi) is 5.26. The summed E-state index contributed by atoms with van der Waals surface area (Å²) in [7, 11) is 0. The molecule has 1 saturated heterocycles. The Morgan fingerprint density at radius 3 is 2.62 bits per heavy atom. The first-order valence-corrected chi connectivity index (χ1v) is 9.87. The number of nitrogens with zero attached hydrogens (tertiary/aromatic N) is 7. The van der Waals surface area contributed by atoms with Gasteiger partial charge in [0.1, 0.15) is 11.8 Å². The zero-order valence-electron chi connectivity index (χ0n) is 14.8. The van der Waals surface area contributed by atoms with Crippen molar-refractivity contribution in [2.45, 2.75) is 25.0 Å². The predicted octanol–water partition coefficient (Wildman–Crippen LogP) is 1.97. The van der Waals surface area contributed by atoms with Crippen LogP contribution in [0, 0.1) is 0 Å². The first-order valence-electron chi connectivity index (χ1n) is 8.88. The molecule has 1 aliphatic rings. The van der Waals surface area contributed by atoms with Crippen molar-refractivity contribution in [1.82, 2.24) is 34.8 Å². The summed E-state index contributed by atoms with van der Waals surface area (Å²) in [6, 6.07) is 0. The summed E-state index contributed by atoms with van der Waals surface area (Å²) < 4.78 is 0. The maximum atomic E-state index is 4.46. The molecule has 3 aromatic heterocycles. The minimum absolute atomic E-state index is 0.718. The van der Waals surface area contributed by atoms with Crippen molar-refractivity contribution in [2.75, 3.05) is 36.8 Å². The molecule has 0 bridgehead atoms. The molecule has 0 radical (unpaired) electrons. The van der Waals surface area contributed by atoms with Crippen LogP contribution in [0.2, 0.25) is 0 Å². The number of fused-ring (bicyclic) bond motifs is 1. The summed E-state index contributed by atoms with van der Waals surface area (Å²) in [6.45, 7) is 6.86. The van der Waals surface area contributed by atoms with Gasteiger partial charge in [-0.05, 0) is 6.42 Å². The van der Waals surface area contributed by atoms with Gasteiger partial charge in [0.05, 0.1) is 6.33 Å². The summed E-state index contributed by atoms with van der Waals surface area (Å²) >= 11 is 1.71. The van der Waals surface area contributed by atoms with Crippen LogP contribution in [0.1, 0.15) is 18.9 Å². The molecule has 4 heterocycles. The molecule has 1 aliphatic heterocycles. The summed E-state index contributed by atoms with van der Waals surface area (Å²) in [4.78, 5) is 29.6. The van der Waals surface area contributed by atoms with E-state index < -0.39 is 0 Å². The molecule has 3 aromatic rings.